The second-order valence-electron chi connectivity index (χ2n) is 8.12. The van der Waals surface area contributed by atoms with Crippen molar-refractivity contribution in [2.75, 3.05) is 13.2 Å². The molecule has 1 N–H and O–H groups in total. The Morgan fingerprint density at radius 1 is 1.05 bits per heavy atom. The standard InChI is InChI=1S/C30H25BrN2O5S/c1-3-36-24-14-21(23(31)16-25(24)38-18-20-11-9-8-10-19(20)17-32)15-26-28(34)27(30(35)37-4-2)29(39-26)33-22-12-6-5-7-13-22/h5-16,34H,3-4,18H2,1-2H3/b26-15-,33-29?. The van der Waals surface area contributed by atoms with Crippen LogP contribution in [0.4, 0.5) is 5.69 Å². The summed E-state index contributed by atoms with van der Waals surface area (Å²) < 4.78 is 17.7. The van der Waals surface area contributed by atoms with Gasteiger partial charge in [0, 0.05) is 10.0 Å². The van der Waals surface area contributed by atoms with Crippen molar-refractivity contribution in [3.05, 3.63) is 104 Å². The molecule has 0 fully saturated rings. The zero-order chi connectivity index (χ0) is 27.8. The van der Waals surface area contributed by atoms with Crippen molar-refractivity contribution in [1.29, 1.82) is 5.26 Å². The van der Waals surface area contributed by atoms with Crippen LogP contribution >= 0.6 is 27.7 Å². The summed E-state index contributed by atoms with van der Waals surface area (Å²) in [6.07, 6.45) is 1.74. The van der Waals surface area contributed by atoms with Gasteiger partial charge in [-0.05, 0) is 55.8 Å². The maximum Gasteiger partial charge on any atom is 0.344 e. The van der Waals surface area contributed by atoms with Crippen molar-refractivity contribution in [3.8, 4) is 17.6 Å². The number of carbonyl (C=O) groups is 1. The fourth-order valence-corrected chi connectivity index (χ4v) is 5.17. The van der Waals surface area contributed by atoms with E-state index in [2.05, 4.69) is 27.0 Å². The minimum absolute atomic E-state index is 0.0224. The Hall–Kier alpha value is -4.00. The van der Waals surface area contributed by atoms with Gasteiger partial charge in [-0.2, -0.15) is 5.26 Å². The number of nitrogens with zero attached hydrogens (tertiary/aromatic N) is 2. The molecule has 3 aromatic rings. The number of aliphatic hydroxyl groups is 1. The lowest BCUT2D eigenvalue weighted by atomic mass is 10.1. The van der Waals surface area contributed by atoms with Crippen LogP contribution in [0, 0.1) is 11.3 Å². The summed E-state index contributed by atoms with van der Waals surface area (Å²) in [5.74, 6) is 0.149. The highest BCUT2D eigenvalue weighted by Gasteiger charge is 2.33. The third kappa shape index (κ3) is 6.72. The van der Waals surface area contributed by atoms with Crippen molar-refractivity contribution in [2.24, 2.45) is 4.99 Å². The number of aliphatic imine (C=N–C) groups is 1. The predicted molar refractivity (Wildman–Crippen MR) is 156 cm³/mol. The van der Waals surface area contributed by atoms with Crippen LogP contribution in [-0.4, -0.2) is 29.3 Å². The van der Waals surface area contributed by atoms with Gasteiger partial charge < -0.3 is 19.3 Å². The van der Waals surface area contributed by atoms with Crippen LogP contribution in [0.3, 0.4) is 0 Å². The summed E-state index contributed by atoms with van der Waals surface area (Å²) in [7, 11) is 0. The van der Waals surface area contributed by atoms with Crippen LogP contribution in [0.5, 0.6) is 11.5 Å². The van der Waals surface area contributed by atoms with E-state index in [9.17, 15) is 15.2 Å². The lowest BCUT2D eigenvalue weighted by molar-refractivity contribution is -0.138. The molecule has 9 heteroatoms. The van der Waals surface area contributed by atoms with Gasteiger partial charge in [0.2, 0.25) is 0 Å². The second-order valence-corrected chi connectivity index (χ2v) is 10.0. The van der Waals surface area contributed by atoms with Crippen molar-refractivity contribution < 1.29 is 24.1 Å². The van der Waals surface area contributed by atoms with Crippen molar-refractivity contribution in [3.63, 3.8) is 0 Å². The molecule has 198 valence electrons. The van der Waals surface area contributed by atoms with Gasteiger partial charge >= 0.3 is 5.97 Å². The third-order valence-corrected chi connectivity index (χ3v) is 7.23. The van der Waals surface area contributed by atoms with E-state index in [4.69, 9.17) is 14.2 Å². The molecule has 39 heavy (non-hydrogen) atoms. The number of hydrogen-bond donors (Lipinski definition) is 1. The molecule has 0 aromatic heterocycles. The van der Waals surface area contributed by atoms with Crippen LogP contribution in [0.1, 0.15) is 30.5 Å². The molecule has 0 aliphatic carbocycles. The molecule has 1 aliphatic heterocycles. The highest BCUT2D eigenvalue weighted by atomic mass is 79.9. The largest absolute Gasteiger partial charge is 0.506 e. The molecule has 0 saturated carbocycles. The number of para-hydroxylation sites is 1. The Morgan fingerprint density at radius 3 is 2.49 bits per heavy atom. The van der Waals surface area contributed by atoms with E-state index in [1.54, 1.807) is 37.3 Å². The lowest BCUT2D eigenvalue weighted by Gasteiger charge is -2.15. The van der Waals surface area contributed by atoms with E-state index >= 15 is 0 Å². The van der Waals surface area contributed by atoms with Crippen molar-refractivity contribution in [1.82, 2.24) is 0 Å². The Bertz CT molecular complexity index is 1510. The first kappa shape index (κ1) is 28.0. The number of ether oxygens (including phenoxy) is 3. The average Bonchev–Trinajstić information content (AvgIpc) is 3.24. The minimum Gasteiger partial charge on any atom is -0.506 e. The quantitative estimate of drug-likeness (QED) is 0.252. The Morgan fingerprint density at radius 2 is 1.77 bits per heavy atom. The van der Waals surface area contributed by atoms with Crippen LogP contribution < -0.4 is 9.47 Å². The molecule has 0 amide bonds. The molecule has 3 aromatic carbocycles. The third-order valence-electron chi connectivity index (χ3n) is 5.53. The van der Waals surface area contributed by atoms with Gasteiger partial charge in [0.15, 0.2) is 11.5 Å². The molecular formula is C30H25BrN2O5S. The van der Waals surface area contributed by atoms with Gasteiger partial charge in [-0.3, -0.25) is 0 Å². The SMILES string of the molecule is CCOC(=O)C1=C(O)/C(=C/c2cc(OCC)c(OCc3ccccc3C#N)cc2Br)SC1=Nc1ccccc1. The van der Waals surface area contributed by atoms with Gasteiger partial charge in [0.1, 0.15) is 23.0 Å². The van der Waals surface area contributed by atoms with Gasteiger partial charge in [0.25, 0.3) is 0 Å². The molecule has 0 bridgehead atoms. The highest BCUT2D eigenvalue weighted by molar-refractivity contribution is 9.10. The first-order valence-corrected chi connectivity index (χ1v) is 13.8. The normalized spacial score (nSPS) is 14.9. The van der Waals surface area contributed by atoms with Crippen LogP contribution in [-0.2, 0) is 16.1 Å². The number of esters is 1. The molecule has 1 aliphatic rings. The molecule has 0 atom stereocenters. The molecule has 7 nitrogen and oxygen atoms in total. The van der Waals surface area contributed by atoms with Crippen molar-refractivity contribution in [2.45, 2.75) is 20.5 Å². The maximum absolute atomic E-state index is 12.7. The average molecular weight is 606 g/mol. The molecule has 4 rings (SSSR count). The smallest absolute Gasteiger partial charge is 0.344 e. The van der Waals surface area contributed by atoms with E-state index in [1.165, 1.54) is 11.8 Å². The zero-order valence-corrected chi connectivity index (χ0v) is 23.7. The van der Waals surface area contributed by atoms with Gasteiger partial charge in [0.05, 0.1) is 35.4 Å². The number of hydrogen-bond acceptors (Lipinski definition) is 8. The summed E-state index contributed by atoms with van der Waals surface area (Å²) in [5.41, 5.74) is 2.67. The first-order chi connectivity index (χ1) is 18.9. The molecule has 0 spiro atoms. The monoisotopic (exact) mass is 604 g/mol. The Labute approximate surface area is 239 Å². The fourth-order valence-electron chi connectivity index (χ4n) is 3.71. The Kier molecular flexibility index (Phi) is 9.47. The fraction of sp³-hybridized carbons (Fsp3) is 0.167. The first-order valence-electron chi connectivity index (χ1n) is 12.2. The van der Waals surface area contributed by atoms with Crippen LogP contribution in [0.2, 0.25) is 0 Å². The van der Waals surface area contributed by atoms with E-state index in [0.29, 0.717) is 49.3 Å². The molecule has 0 radical (unpaired) electrons. The summed E-state index contributed by atoms with van der Waals surface area (Å²) in [5, 5.41) is 20.8. The number of benzene rings is 3. The van der Waals surface area contributed by atoms with E-state index < -0.39 is 5.97 Å². The lowest BCUT2D eigenvalue weighted by Crippen LogP contribution is -2.12. The summed E-state index contributed by atoms with van der Waals surface area (Å²) in [4.78, 5) is 17.7. The van der Waals surface area contributed by atoms with Gasteiger partial charge in [-0.15, -0.1) is 0 Å². The number of thioether (sulfide) groups is 1. The summed E-state index contributed by atoms with van der Waals surface area (Å²) in [6.45, 7) is 4.34. The van der Waals surface area contributed by atoms with Gasteiger partial charge in [-0.1, -0.05) is 64.1 Å². The highest BCUT2D eigenvalue weighted by Crippen LogP contribution is 2.42. The van der Waals surface area contributed by atoms with E-state index in [-0.39, 0.29) is 24.5 Å². The maximum atomic E-state index is 12.7. The predicted octanol–water partition coefficient (Wildman–Crippen LogP) is 7.49. The topological polar surface area (TPSA) is 101 Å². The van der Waals surface area contributed by atoms with E-state index in [1.807, 2.05) is 49.4 Å². The number of rotatable bonds is 9. The van der Waals surface area contributed by atoms with Crippen molar-refractivity contribution >= 4 is 50.5 Å². The Balaban J connectivity index is 1.69. The molecule has 0 saturated heterocycles. The number of aliphatic hydroxyl groups excluding tert-OH is 1. The van der Waals surface area contributed by atoms with E-state index in [0.717, 1.165) is 5.56 Å². The molecule has 0 unspecified atom stereocenters. The molecular weight excluding hydrogens is 580 g/mol. The van der Waals surface area contributed by atoms with Gasteiger partial charge in [-0.25, -0.2) is 9.79 Å². The van der Waals surface area contributed by atoms with Crippen LogP contribution in [0.15, 0.2) is 92.4 Å². The van der Waals surface area contributed by atoms with Crippen LogP contribution in [0.25, 0.3) is 6.08 Å². The minimum atomic E-state index is -0.643. The number of halogens is 1. The molecule has 1 heterocycles. The second kappa shape index (κ2) is 13.2. The summed E-state index contributed by atoms with van der Waals surface area (Å²) >= 11 is 4.77. The number of nitriles is 1. The number of carbonyl (C=O) groups excluding carboxylic acids is 1. The summed E-state index contributed by atoms with van der Waals surface area (Å²) in [6, 6.07) is 22.2. The zero-order valence-electron chi connectivity index (χ0n) is 21.3.